The smallest absolute Gasteiger partial charge is 0.150 e. The van der Waals surface area contributed by atoms with Crippen molar-refractivity contribution in [3.63, 3.8) is 0 Å². The van der Waals surface area contributed by atoms with Gasteiger partial charge >= 0.3 is 0 Å². The van der Waals surface area contributed by atoms with E-state index in [1.165, 1.54) is 12.2 Å². The SMILES string of the molecule is C=C/C=C(/Cl)C(=C)C=O. The zero-order valence-electron chi connectivity index (χ0n) is 4.93. The van der Waals surface area contributed by atoms with Crippen molar-refractivity contribution < 1.29 is 4.79 Å². The molecule has 0 saturated carbocycles. The van der Waals surface area contributed by atoms with Gasteiger partial charge in [-0.2, -0.15) is 0 Å². The van der Waals surface area contributed by atoms with E-state index in [0.717, 1.165) is 0 Å². The number of hydrogen-bond donors (Lipinski definition) is 0. The van der Waals surface area contributed by atoms with Gasteiger partial charge in [0.15, 0.2) is 6.29 Å². The van der Waals surface area contributed by atoms with Crippen LogP contribution in [0.1, 0.15) is 0 Å². The van der Waals surface area contributed by atoms with Gasteiger partial charge in [0.05, 0.1) is 5.03 Å². The molecular formula is C7H7ClO. The predicted octanol–water partition coefficient (Wildman–Crippen LogP) is 2.05. The lowest BCUT2D eigenvalue weighted by Gasteiger charge is -1.88. The van der Waals surface area contributed by atoms with Gasteiger partial charge in [0.25, 0.3) is 0 Å². The van der Waals surface area contributed by atoms with Crippen LogP contribution in [-0.4, -0.2) is 6.29 Å². The minimum Gasteiger partial charge on any atom is -0.298 e. The lowest BCUT2D eigenvalue weighted by Crippen LogP contribution is -1.79. The van der Waals surface area contributed by atoms with Crippen LogP contribution in [0.3, 0.4) is 0 Å². The molecule has 0 heterocycles. The Labute approximate surface area is 59.3 Å². The van der Waals surface area contributed by atoms with Crippen LogP contribution in [0.4, 0.5) is 0 Å². The van der Waals surface area contributed by atoms with Gasteiger partial charge in [-0.25, -0.2) is 0 Å². The summed E-state index contributed by atoms with van der Waals surface area (Å²) < 4.78 is 0. The van der Waals surface area contributed by atoms with E-state index in [-0.39, 0.29) is 5.57 Å². The minimum atomic E-state index is 0.275. The second-order valence-electron chi connectivity index (χ2n) is 1.39. The Morgan fingerprint density at radius 3 is 2.44 bits per heavy atom. The first-order valence-corrected chi connectivity index (χ1v) is 2.73. The Morgan fingerprint density at radius 1 is 1.56 bits per heavy atom. The third-order valence-electron chi connectivity index (χ3n) is 0.713. The van der Waals surface area contributed by atoms with E-state index in [4.69, 9.17) is 11.6 Å². The van der Waals surface area contributed by atoms with Crippen LogP contribution in [0.15, 0.2) is 35.9 Å². The number of aldehydes is 1. The number of hydrogen-bond acceptors (Lipinski definition) is 1. The summed E-state index contributed by atoms with van der Waals surface area (Å²) in [4.78, 5) is 9.96. The lowest BCUT2D eigenvalue weighted by atomic mass is 10.3. The van der Waals surface area contributed by atoms with Crippen LogP contribution >= 0.6 is 11.6 Å². The molecular weight excluding hydrogens is 136 g/mol. The van der Waals surface area contributed by atoms with Crippen molar-refractivity contribution in [2.24, 2.45) is 0 Å². The summed E-state index contributed by atoms with van der Waals surface area (Å²) in [6.45, 7) is 6.78. The number of allylic oxidation sites excluding steroid dienone is 4. The van der Waals surface area contributed by atoms with Gasteiger partial charge in [-0.15, -0.1) is 0 Å². The largest absolute Gasteiger partial charge is 0.298 e. The van der Waals surface area contributed by atoms with Crippen molar-refractivity contribution in [1.82, 2.24) is 0 Å². The first-order valence-electron chi connectivity index (χ1n) is 2.35. The summed E-state index contributed by atoms with van der Waals surface area (Å²) >= 11 is 5.49. The quantitative estimate of drug-likeness (QED) is 0.335. The molecule has 48 valence electrons. The van der Waals surface area contributed by atoms with Crippen LogP contribution in [0.25, 0.3) is 0 Å². The average Bonchev–Trinajstić information content (AvgIpc) is 1.87. The van der Waals surface area contributed by atoms with E-state index in [0.29, 0.717) is 11.3 Å². The molecule has 0 amide bonds. The Hall–Kier alpha value is -0.820. The number of rotatable bonds is 3. The van der Waals surface area contributed by atoms with Gasteiger partial charge in [0, 0.05) is 5.57 Å². The maximum absolute atomic E-state index is 9.96. The standard InChI is InChI=1S/C7H7ClO/c1-3-4-7(8)6(2)5-9/h3-5H,1-2H2/b7-4+. The van der Waals surface area contributed by atoms with Gasteiger partial charge in [-0.3, -0.25) is 4.79 Å². The van der Waals surface area contributed by atoms with E-state index in [2.05, 4.69) is 13.2 Å². The summed E-state index contributed by atoms with van der Waals surface area (Å²) in [6, 6.07) is 0. The molecule has 0 radical (unpaired) electrons. The average molecular weight is 143 g/mol. The van der Waals surface area contributed by atoms with Gasteiger partial charge < -0.3 is 0 Å². The molecule has 0 spiro atoms. The molecule has 0 aromatic heterocycles. The van der Waals surface area contributed by atoms with Crippen molar-refractivity contribution in [3.05, 3.63) is 35.9 Å². The lowest BCUT2D eigenvalue weighted by molar-refractivity contribution is -0.104. The highest BCUT2D eigenvalue weighted by Crippen LogP contribution is 2.09. The summed E-state index contributed by atoms with van der Waals surface area (Å²) in [5.74, 6) is 0. The molecule has 0 bridgehead atoms. The van der Waals surface area contributed by atoms with Crippen LogP contribution in [-0.2, 0) is 4.79 Å². The molecule has 0 saturated heterocycles. The molecule has 0 atom stereocenters. The number of halogens is 1. The van der Waals surface area contributed by atoms with Crippen LogP contribution < -0.4 is 0 Å². The van der Waals surface area contributed by atoms with Crippen LogP contribution in [0.5, 0.6) is 0 Å². The fraction of sp³-hybridized carbons (Fsp3) is 0. The van der Waals surface area contributed by atoms with E-state index in [1.54, 1.807) is 0 Å². The molecule has 0 N–H and O–H groups in total. The number of carbonyl (C=O) groups excluding carboxylic acids is 1. The van der Waals surface area contributed by atoms with Gasteiger partial charge in [0.2, 0.25) is 0 Å². The highest BCUT2D eigenvalue weighted by molar-refractivity contribution is 6.34. The fourth-order valence-electron chi connectivity index (χ4n) is 0.267. The zero-order chi connectivity index (χ0) is 7.28. The molecule has 0 aromatic rings. The first-order chi connectivity index (χ1) is 4.22. The maximum atomic E-state index is 9.96. The second kappa shape index (κ2) is 4.10. The highest BCUT2D eigenvalue weighted by atomic mass is 35.5. The molecule has 0 aliphatic rings. The second-order valence-corrected chi connectivity index (χ2v) is 1.80. The van der Waals surface area contributed by atoms with E-state index < -0.39 is 0 Å². The van der Waals surface area contributed by atoms with E-state index in [9.17, 15) is 4.79 Å². The zero-order valence-corrected chi connectivity index (χ0v) is 5.69. The van der Waals surface area contributed by atoms with Crippen molar-refractivity contribution in [1.29, 1.82) is 0 Å². The summed E-state index contributed by atoms with van der Waals surface area (Å²) in [7, 11) is 0. The Bertz CT molecular complexity index is 168. The summed E-state index contributed by atoms with van der Waals surface area (Å²) in [5.41, 5.74) is 0.275. The van der Waals surface area contributed by atoms with Gasteiger partial charge in [-0.1, -0.05) is 30.8 Å². The molecule has 0 aliphatic carbocycles. The molecule has 2 heteroatoms. The molecule has 0 aliphatic heterocycles. The Balaban J connectivity index is 4.18. The van der Waals surface area contributed by atoms with Gasteiger partial charge in [0.1, 0.15) is 0 Å². The topological polar surface area (TPSA) is 17.1 Å². The summed E-state index contributed by atoms with van der Waals surface area (Å²) in [5, 5.41) is 0.333. The molecule has 0 unspecified atom stereocenters. The first kappa shape index (κ1) is 8.18. The van der Waals surface area contributed by atoms with Crippen LogP contribution in [0.2, 0.25) is 0 Å². The van der Waals surface area contributed by atoms with Gasteiger partial charge in [-0.05, 0) is 6.08 Å². The van der Waals surface area contributed by atoms with Crippen molar-refractivity contribution in [2.75, 3.05) is 0 Å². The van der Waals surface area contributed by atoms with E-state index >= 15 is 0 Å². The molecule has 0 aromatic carbocycles. The molecule has 0 rings (SSSR count). The predicted molar refractivity (Wildman–Crippen MR) is 39.3 cm³/mol. The summed E-state index contributed by atoms with van der Waals surface area (Å²) in [6.07, 6.45) is 3.61. The molecule has 0 fully saturated rings. The van der Waals surface area contributed by atoms with E-state index in [1.807, 2.05) is 0 Å². The minimum absolute atomic E-state index is 0.275. The molecule has 9 heavy (non-hydrogen) atoms. The highest BCUT2D eigenvalue weighted by Gasteiger charge is 1.92. The third-order valence-corrected chi connectivity index (χ3v) is 1.08. The maximum Gasteiger partial charge on any atom is 0.150 e. The third kappa shape index (κ3) is 2.88. The monoisotopic (exact) mass is 142 g/mol. The van der Waals surface area contributed by atoms with Crippen molar-refractivity contribution >= 4 is 17.9 Å². The fourth-order valence-corrected chi connectivity index (χ4v) is 0.400. The van der Waals surface area contributed by atoms with Crippen molar-refractivity contribution in [2.45, 2.75) is 0 Å². The Kier molecular flexibility index (Phi) is 3.72. The normalized spacial score (nSPS) is 10.6. The van der Waals surface area contributed by atoms with Crippen LogP contribution in [0, 0.1) is 0 Å². The number of carbonyl (C=O) groups is 1. The molecule has 1 nitrogen and oxygen atoms in total. The van der Waals surface area contributed by atoms with Crippen molar-refractivity contribution in [3.8, 4) is 0 Å². The Morgan fingerprint density at radius 2 is 2.11 bits per heavy atom.